The lowest BCUT2D eigenvalue weighted by molar-refractivity contribution is -0.160. The summed E-state index contributed by atoms with van der Waals surface area (Å²) in [6.07, 6.45) is 4.35. The molecule has 0 bridgehead atoms. The Morgan fingerprint density at radius 2 is 0.922 bits per heavy atom. The minimum absolute atomic E-state index is 0.0461. The Labute approximate surface area is 313 Å². The van der Waals surface area contributed by atoms with E-state index >= 15 is 0 Å². The summed E-state index contributed by atoms with van der Waals surface area (Å²) in [5, 5.41) is 5.27. The summed E-state index contributed by atoms with van der Waals surface area (Å²) in [4.78, 5) is 43.5. The SMILES string of the molecule is CON1CCC2(CC1)C(CCOCCC1=C(c3c(C)cc(Cl)cc3C)C(=O)N(C)C13CCN(OC)CC3)=C(c1c(C)cc(Cl)cc1C)C(=O)N2C. The number of amides is 2. The molecule has 2 aromatic carbocycles. The molecule has 6 rings (SSSR count). The second-order valence-corrected chi connectivity index (χ2v) is 15.5. The number of halogens is 2. The maximum Gasteiger partial charge on any atom is 0.254 e. The van der Waals surface area contributed by atoms with Crippen LogP contribution in [-0.4, -0.2) is 111 Å². The molecule has 0 unspecified atom stereocenters. The first-order chi connectivity index (χ1) is 24.3. The van der Waals surface area contributed by atoms with Crippen molar-refractivity contribution in [1.82, 2.24) is 19.9 Å². The number of aryl methyl sites for hydroxylation is 4. The van der Waals surface area contributed by atoms with Crippen LogP contribution >= 0.6 is 23.2 Å². The molecular formula is C40H52Cl2N4O5. The van der Waals surface area contributed by atoms with Crippen molar-refractivity contribution in [3.8, 4) is 0 Å². The number of piperidine rings is 2. The number of hydrogen-bond donors (Lipinski definition) is 0. The Bertz CT molecular complexity index is 1600. The fourth-order valence-electron chi connectivity index (χ4n) is 9.50. The van der Waals surface area contributed by atoms with Gasteiger partial charge in [-0.05, 0) is 135 Å². The van der Waals surface area contributed by atoms with Crippen molar-refractivity contribution in [3.05, 3.63) is 78.8 Å². The zero-order valence-electron chi connectivity index (χ0n) is 31.4. The predicted octanol–water partition coefficient (Wildman–Crippen LogP) is 6.97. The number of rotatable bonds is 10. The molecule has 2 amide bonds. The summed E-state index contributed by atoms with van der Waals surface area (Å²) in [7, 11) is 7.29. The monoisotopic (exact) mass is 738 g/mol. The molecule has 2 spiro atoms. The molecule has 2 saturated heterocycles. The molecule has 4 aliphatic rings. The number of hydroxylamine groups is 4. The highest BCUT2D eigenvalue weighted by atomic mass is 35.5. The van der Waals surface area contributed by atoms with E-state index in [4.69, 9.17) is 37.6 Å². The van der Waals surface area contributed by atoms with Crippen molar-refractivity contribution in [1.29, 1.82) is 0 Å². The zero-order valence-corrected chi connectivity index (χ0v) is 32.9. The maximum absolute atomic E-state index is 14.2. The Morgan fingerprint density at radius 3 is 1.22 bits per heavy atom. The van der Waals surface area contributed by atoms with Crippen molar-refractivity contribution >= 4 is 46.2 Å². The van der Waals surface area contributed by atoms with Gasteiger partial charge in [-0.25, -0.2) is 0 Å². The van der Waals surface area contributed by atoms with Crippen LogP contribution in [-0.2, 0) is 24.0 Å². The van der Waals surface area contributed by atoms with E-state index in [2.05, 4.69) is 0 Å². The van der Waals surface area contributed by atoms with E-state index in [0.29, 0.717) is 36.1 Å². The van der Waals surface area contributed by atoms with Crippen LogP contribution in [0.1, 0.15) is 71.9 Å². The topological polar surface area (TPSA) is 74.8 Å². The first kappa shape index (κ1) is 38.0. The fraction of sp³-hybridized carbons (Fsp3) is 0.550. The molecule has 276 valence electrons. The quantitative estimate of drug-likeness (QED) is 0.244. The molecule has 9 nitrogen and oxygen atoms in total. The van der Waals surface area contributed by atoms with Gasteiger partial charge in [0.05, 0.1) is 38.5 Å². The number of nitrogens with zero attached hydrogens (tertiary/aromatic N) is 4. The summed E-state index contributed by atoms with van der Waals surface area (Å²) in [5.74, 6) is 0.0921. The van der Waals surface area contributed by atoms with E-state index in [1.54, 1.807) is 14.2 Å². The number of carbonyl (C=O) groups excluding carboxylic acids is 2. The van der Waals surface area contributed by atoms with Crippen molar-refractivity contribution in [2.75, 3.05) is 67.7 Å². The Balaban J connectivity index is 1.31. The molecular weight excluding hydrogens is 687 g/mol. The standard InChI is InChI=1S/C40H52Cl2N4O5/c1-25-21-29(41)22-26(2)33(25)35-31(39(43(5)37(35)47)11-15-45(49-7)16-12-39)9-19-51-20-10-32-36(34-27(3)23-30(42)24-28(34)4)38(48)44(6)40(32)13-17-46(50-8)18-14-40/h21-24H,9-20H2,1-8H3. The van der Waals surface area contributed by atoms with Crippen LogP contribution in [0.15, 0.2) is 35.4 Å². The molecule has 2 fully saturated rings. The molecule has 4 heterocycles. The molecule has 0 aromatic heterocycles. The summed E-state index contributed by atoms with van der Waals surface area (Å²) in [6.45, 7) is 12.0. The molecule has 0 N–H and O–H groups in total. The van der Waals surface area contributed by atoms with Crippen molar-refractivity contribution in [2.45, 2.75) is 77.3 Å². The highest BCUT2D eigenvalue weighted by Gasteiger charge is 2.53. The first-order valence-electron chi connectivity index (χ1n) is 18.0. The molecule has 0 saturated carbocycles. The molecule has 0 aliphatic carbocycles. The van der Waals surface area contributed by atoms with Crippen molar-refractivity contribution in [3.63, 3.8) is 0 Å². The van der Waals surface area contributed by atoms with Gasteiger partial charge in [0.25, 0.3) is 11.8 Å². The van der Waals surface area contributed by atoms with Crippen molar-refractivity contribution in [2.24, 2.45) is 0 Å². The van der Waals surface area contributed by atoms with E-state index in [1.165, 1.54) is 0 Å². The number of benzene rings is 2. The smallest absolute Gasteiger partial charge is 0.254 e. The normalized spacial score (nSPS) is 21.1. The second kappa shape index (κ2) is 14.9. The van der Waals surface area contributed by atoms with Crippen LogP contribution in [0.3, 0.4) is 0 Å². The van der Waals surface area contributed by atoms with E-state index < -0.39 is 11.1 Å². The first-order valence-corrected chi connectivity index (χ1v) is 18.8. The van der Waals surface area contributed by atoms with Gasteiger partial charge in [-0.15, -0.1) is 0 Å². The lowest BCUT2D eigenvalue weighted by atomic mass is 9.77. The van der Waals surface area contributed by atoms with Crippen LogP contribution in [0.25, 0.3) is 11.1 Å². The third-order valence-electron chi connectivity index (χ3n) is 12.2. The lowest BCUT2D eigenvalue weighted by Crippen LogP contribution is -2.53. The van der Waals surface area contributed by atoms with E-state index in [0.717, 1.165) is 108 Å². The van der Waals surface area contributed by atoms with Gasteiger partial charge < -0.3 is 24.2 Å². The molecule has 4 aliphatic heterocycles. The summed E-state index contributed by atoms with van der Waals surface area (Å²) in [6, 6.07) is 7.77. The van der Waals surface area contributed by atoms with Gasteiger partial charge in [-0.3, -0.25) is 9.59 Å². The van der Waals surface area contributed by atoms with Crippen LogP contribution in [0.4, 0.5) is 0 Å². The summed E-state index contributed by atoms with van der Waals surface area (Å²) >= 11 is 12.9. The van der Waals surface area contributed by atoms with Gasteiger partial charge in [-0.1, -0.05) is 23.2 Å². The number of carbonyl (C=O) groups is 2. The molecule has 0 radical (unpaired) electrons. The fourth-order valence-corrected chi connectivity index (χ4v) is 10.2. The zero-order chi connectivity index (χ0) is 36.8. The third kappa shape index (κ3) is 6.58. The number of likely N-dealkylation sites (N-methyl/N-ethyl adjacent to an activating group) is 2. The van der Waals surface area contributed by atoms with Crippen molar-refractivity contribution < 1.29 is 24.0 Å². The van der Waals surface area contributed by atoms with E-state index in [1.807, 2.05) is 86.0 Å². The largest absolute Gasteiger partial charge is 0.381 e. The van der Waals surface area contributed by atoms with Crippen LogP contribution in [0.2, 0.25) is 10.0 Å². The molecule has 0 atom stereocenters. The highest BCUT2D eigenvalue weighted by molar-refractivity contribution is 6.31. The second-order valence-electron chi connectivity index (χ2n) is 14.7. The maximum atomic E-state index is 14.2. The van der Waals surface area contributed by atoms with Crippen LogP contribution in [0, 0.1) is 27.7 Å². The molecule has 11 heteroatoms. The van der Waals surface area contributed by atoms with Gasteiger partial charge in [0.15, 0.2) is 0 Å². The van der Waals surface area contributed by atoms with Gasteiger partial charge >= 0.3 is 0 Å². The predicted molar refractivity (Wildman–Crippen MR) is 202 cm³/mol. The highest BCUT2D eigenvalue weighted by Crippen LogP contribution is 2.50. The summed E-state index contributed by atoms with van der Waals surface area (Å²) < 4.78 is 6.54. The van der Waals surface area contributed by atoms with Gasteiger partial charge in [0.2, 0.25) is 0 Å². The average molecular weight is 740 g/mol. The number of hydrogen-bond acceptors (Lipinski definition) is 7. The molecule has 51 heavy (non-hydrogen) atoms. The summed E-state index contributed by atoms with van der Waals surface area (Å²) in [5.41, 5.74) is 8.91. The Hall–Kier alpha value is -2.76. The molecule has 2 aromatic rings. The Kier molecular flexibility index (Phi) is 11.1. The lowest BCUT2D eigenvalue weighted by Gasteiger charge is -2.45. The third-order valence-corrected chi connectivity index (χ3v) is 12.6. The van der Waals surface area contributed by atoms with E-state index in [9.17, 15) is 9.59 Å². The van der Waals surface area contributed by atoms with Gasteiger partial charge in [-0.2, -0.15) is 10.1 Å². The number of ether oxygens (including phenoxy) is 1. The van der Waals surface area contributed by atoms with Gasteiger partial charge in [0, 0.05) is 61.5 Å². The Morgan fingerprint density at radius 1 is 0.608 bits per heavy atom. The van der Waals surface area contributed by atoms with Crippen LogP contribution in [0.5, 0.6) is 0 Å². The van der Waals surface area contributed by atoms with Gasteiger partial charge in [0.1, 0.15) is 0 Å². The minimum atomic E-state index is -0.414. The van der Waals surface area contributed by atoms with E-state index in [-0.39, 0.29) is 11.8 Å². The van der Waals surface area contributed by atoms with Crippen LogP contribution < -0.4 is 0 Å². The minimum Gasteiger partial charge on any atom is -0.381 e. The average Bonchev–Trinajstić information content (AvgIpc) is 3.40.